The first kappa shape index (κ1) is 18.1. The Balaban J connectivity index is 1.90. The van der Waals surface area contributed by atoms with Crippen LogP contribution in [0.3, 0.4) is 0 Å². The molecule has 1 aliphatic heterocycles. The van der Waals surface area contributed by atoms with Crippen LogP contribution in [0.4, 0.5) is 16.2 Å². The molecule has 1 N–H and O–H groups in total. The highest BCUT2D eigenvalue weighted by molar-refractivity contribution is 8.18. The van der Waals surface area contributed by atoms with Crippen LogP contribution in [-0.2, 0) is 4.79 Å². The summed E-state index contributed by atoms with van der Waals surface area (Å²) in [5.41, 5.74) is -0.449. The van der Waals surface area contributed by atoms with E-state index in [1.54, 1.807) is 12.1 Å². The van der Waals surface area contributed by atoms with Crippen molar-refractivity contribution >= 4 is 40.4 Å². The first-order valence-corrected chi connectivity index (χ1v) is 8.11. The molecule has 136 valence electrons. The zero-order valence-electron chi connectivity index (χ0n) is 13.3. The number of non-ortho nitro benzene ring substituents is 1. The lowest BCUT2D eigenvalue weighted by Crippen LogP contribution is -2.17. The van der Waals surface area contributed by atoms with Crippen molar-refractivity contribution in [3.05, 3.63) is 73.2 Å². The van der Waals surface area contributed by atoms with E-state index >= 15 is 0 Å². The first-order valence-electron chi connectivity index (χ1n) is 7.29. The summed E-state index contributed by atoms with van der Waals surface area (Å²) in [7, 11) is 0. The fourth-order valence-electron chi connectivity index (χ4n) is 2.22. The molecule has 10 nitrogen and oxygen atoms in total. The van der Waals surface area contributed by atoms with E-state index in [-0.39, 0.29) is 16.4 Å². The standard InChI is InChI=1S/C16H9N3O7S/c20-15-14(27-16(21)17-15)7-9-2-1-3-11(6-9)26-13-5-4-10(18(22)23)8-12(13)19(24)25/h1-8H,(H,17,20,21)/b14-7+. The molecule has 0 spiro atoms. The van der Waals surface area contributed by atoms with Gasteiger partial charge in [-0.2, -0.15) is 0 Å². The van der Waals surface area contributed by atoms with E-state index < -0.39 is 32.4 Å². The third-order valence-electron chi connectivity index (χ3n) is 3.38. The van der Waals surface area contributed by atoms with Crippen molar-refractivity contribution in [3.8, 4) is 11.5 Å². The van der Waals surface area contributed by atoms with E-state index in [4.69, 9.17) is 4.74 Å². The minimum atomic E-state index is -0.778. The largest absolute Gasteiger partial charge is 0.450 e. The molecular formula is C16H9N3O7S. The highest BCUT2D eigenvalue weighted by atomic mass is 32.2. The number of hydrogen-bond acceptors (Lipinski definition) is 8. The maximum absolute atomic E-state index is 11.6. The molecule has 1 heterocycles. The number of benzene rings is 2. The Hall–Kier alpha value is -3.73. The van der Waals surface area contributed by atoms with Crippen molar-refractivity contribution in [2.45, 2.75) is 0 Å². The Kier molecular flexibility index (Phi) is 4.86. The summed E-state index contributed by atoms with van der Waals surface area (Å²) in [5.74, 6) is -0.461. The molecule has 0 aliphatic carbocycles. The number of nitrogens with zero attached hydrogens (tertiary/aromatic N) is 2. The lowest BCUT2D eigenvalue weighted by Gasteiger charge is -2.07. The molecule has 1 aliphatic rings. The van der Waals surface area contributed by atoms with Gasteiger partial charge in [-0.3, -0.25) is 35.1 Å². The van der Waals surface area contributed by atoms with Crippen LogP contribution in [0.5, 0.6) is 11.5 Å². The summed E-state index contributed by atoms with van der Waals surface area (Å²) in [6.07, 6.45) is 1.47. The number of carbonyl (C=O) groups is 2. The predicted molar refractivity (Wildman–Crippen MR) is 95.4 cm³/mol. The van der Waals surface area contributed by atoms with Gasteiger partial charge in [0.1, 0.15) is 5.75 Å². The van der Waals surface area contributed by atoms with Gasteiger partial charge in [0.25, 0.3) is 16.8 Å². The molecule has 3 rings (SSSR count). The molecule has 2 aromatic rings. The van der Waals surface area contributed by atoms with Gasteiger partial charge in [-0.25, -0.2) is 0 Å². The molecule has 0 radical (unpaired) electrons. The number of rotatable bonds is 5. The van der Waals surface area contributed by atoms with Gasteiger partial charge < -0.3 is 4.74 Å². The summed E-state index contributed by atoms with van der Waals surface area (Å²) in [6.45, 7) is 0. The molecule has 2 aromatic carbocycles. The monoisotopic (exact) mass is 387 g/mol. The number of carbonyl (C=O) groups excluding carboxylic acids is 2. The molecule has 0 bridgehead atoms. The van der Waals surface area contributed by atoms with Crippen LogP contribution in [0.25, 0.3) is 6.08 Å². The van der Waals surface area contributed by atoms with Crippen molar-refractivity contribution < 1.29 is 24.2 Å². The summed E-state index contributed by atoms with van der Waals surface area (Å²) >= 11 is 0.757. The minimum absolute atomic E-state index is 0.168. The van der Waals surface area contributed by atoms with Gasteiger partial charge in [0.15, 0.2) is 0 Å². The molecule has 2 amide bonds. The van der Waals surface area contributed by atoms with E-state index in [0.717, 1.165) is 30.0 Å². The number of nitro benzene ring substituents is 2. The SMILES string of the molecule is O=C1NC(=O)/C(=C\c2cccc(Oc3ccc([N+](=O)[O-])cc3[N+](=O)[O-])c2)S1. The molecule has 0 unspecified atom stereocenters. The van der Waals surface area contributed by atoms with Crippen LogP contribution >= 0.6 is 11.8 Å². The minimum Gasteiger partial charge on any atom is -0.450 e. The molecule has 0 aromatic heterocycles. The van der Waals surface area contributed by atoms with Gasteiger partial charge in [-0.15, -0.1) is 0 Å². The van der Waals surface area contributed by atoms with Gasteiger partial charge in [-0.1, -0.05) is 12.1 Å². The van der Waals surface area contributed by atoms with Gasteiger partial charge in [0, 0.05) is 6.07 Å². The molecule has 1 fully saturated rings. The zero-order chi connectivity index (χ0) is 19.6. The van der Waals surface area contributed by atoms with Crippen molar-refractivity contribution in [3.63, 3.8) is 0 Å². The predicted octanol–water partition coefficient (Wildman–Crippen LogP) is 3.62. The van der Waals surface area contributed by atoms with Crippen LogP contribution in [0.2, 0.25) is 0 Å². The van der Waals surface area contributed by atoms with Crippen molar-refractivity contribution in [1.29, 1.82) is 0 Å². The smallest absolute Gasteiger partial charge is 0.318 e. The average Bonchev–Trinajstić information content (AvgIpc) is 2.92. The maximum atomic E-state index is 11.6. The Morgan fingerprint density at radius 2 is 1.81 bits per heavy atom. The maximum Gasteiger partial charge on any atom is 0.318 e. The third-order valence-corrected chi connectivity index (χ3v) is 4.19. The quantitative estimate of drug-likeness (QED) is 0.466. The molecular weight excluding hydrogens is 378 g/mol. The normalized spacial score (nSPS) is 14.9. The third kappa shape index (κ3) is 4.10. The molecule has 0 atom stereocenters. The van der Waals surface area contributed by atoms with Gasteiger partial charge in [0.05, 0.1) is 20.8 Å². The second kappa shape index (κ2) is 7.25. The fraction of sp³-hybridized carbons (Fsp3) is 0. The highest BCUT2D eigenvalue weighted by Gasteiger charge is 2.25. The van der Waals surface area contributed by atoms with E-state index in [9.17, 15) is 29.8 Å². The first-order chi connectivity index (χ1) is 12.8. The van der Waals surface area contributed by atoms with Gasteiger partial charge in [0.2, 0.25) is 5.75 Å². The van der Waals surface area contributed by atoms with E-state index in [1.165, 1.54) is 18.2 Å². The number of hydrogen-bond donors (Lipinski definition) is 1. The number of amides is 2. The van der Waals surface area contributed by atoms with Crippen molar-refractivity contribution in [2.24, 2.45) is 0 Å². The molecule has 27 heavy (non-hydrogen) atoms. The lowest BCUT2D eigenvalue weighted by atomic mass is 10.2. The number of imide groups is 1. The van der Waals surface area contributed by atoms with Gasteiger partial charge >= 0.3 is 5.69 Å². The topological polar surface area (TPSA) is 142 Å². The lowest BCUT2D eigenvalue weighted by molar-refractivity contribution is -0.394. The summed E-state index contributed by atoms with van der Waals surface area (Å²) < 4.78 is 5.49. The number of nitrogens with one attached hydrogen (secondary N) is 1. The fourth-order valence-corrected chi connectivity index (χ4v) is 2.90. The zero-order valence-corrected chi connectivity index (χ0v) is 14.1. The van der Waals surface area contributed by atoms with Gasteiger partial charge in [-0.05, 0) is 41.6 Å². The van der Waals surface area contributed by atoms with Crippen LogP contribution < -0.4 is 10.1 Å². The Bertz CT molecular complexity index is 1020. The van der Waals surface area contributed by atoms with E-state index in [1.807, 2.05) is 0 Å². The summed E-state index contributed by atoms with van der Waals surface area (Å²) in [5, 5.41) is 23.6. The number of ether oxygens (including phenoxy) is 1. The van der Waals surface area contributed by atoms with Crippen LogP contribution in [0.1, 0.15) is 5.56 Å². The summed E-state index contributed by atoms with van der Waals surface area (Å²) in [4.78, 5) is 43.4. The van der Waals surface area contributed by atoms with Crippen LogP contribution in [-0.4, -0.2) is 21.0 Å². The number of nitro groups is 2. The Morgan fingerprint density at radius 1 is 1.04 bits per heavy atom. The Labute approximate surface area is 155 Å². The summed E-state index contributed by atoms with van der Waals surface area (Å²) in [6, 6.07) is 9.33. The highest BCUT2D eigenvalue weighted by Crippen LogP contribution is 2.35. The van der Waals surface area contributed by atoms with Crippen molar-refractivity contribution in [2.75, 3.05) is 0 Å². The van der Waals surface area contributed by atoms with Crippen molar-refractivity contribution in [1.82, 2.24) is 5.32 Å². The molecule has 11 heteroatoms. The van der Waals surface area contributed by atoms with Crippen LogP contribution in [0, 0.1) is 20.2 Å². The average molecular weight is 387 g/mol. The second-order valence-electron chi connectivity index (χ2n) is 5.19. The Morgan fingerprint density at radius 3 is 2.44 bits per heavy atom. The number of thioether (sulfide) groups is 1. The second-order valence-corrected chi connectivity index (χ2v) is 6.21. The van der Waals surface area contributed by atoms with E-state index in [0.29, 0.717) is 5.56 Å². The van der Waals surface area contributed by atoms with E-state index in [2.05, 4.69) is 5.32 Å². The van der Waals surface area contributed by atoms with Crippen LogP contribution in [0.15, 0.2) is 47.4 Å². The molecule has 1 saturated heterocycles. The molecule has 0 saturated carbocycles.